The lowest BCUT2D eigenvalue weighted by atomic mass is 10.1. The Morgan fingerprint density at radius 1 is 1.25 bits per heavy atom. The van der Waals surface area contributed by atoms with E-state index in [0.29, 0.717) is 5.02 Å². The van der Waals surface area contributed by atoms with E-state index in [0.717, 1.165) is 25.3 Å². The summed E-state index contributed by atoms with van der Waals surface area (Å²) in [6.07, 6.45) is 3.86. The molecule has 110 valence electrons. The summed E-state index contributed by atoms with van der Waals surface area (Å²) in [5.74, 6) is 0. The number of nitrogens with zero attached hydrogens (tertiary/aromatic N) is 1. The second kappa shape index (κ2) is 7.50. The summed E-state index contributed by atoms with van der Waals surface area (Å²) in [5, 5.41) is 6.44. The SMILES string of the molecule is C[C@H](CN1CCCCC1)NC(=O)Nc1ccc(Cl)cc1. The molecule has 1 saturated heterocycles. The van der Waals surface area contributed by atoms with Crippen LogP contribution in [-0.2, 0) is 0 Å². The van der Waals surface area contributed by atoms with Gasteiger partial charge in [-0.15, -0.1) is 0 Å². The third-order valence-corrected chi connectivity index (χ3v) is 3.71. The van der Waals surface area contributed by atoms with Gasteiger partial charge in [-0.2, -0.15) is 0 Å². The topological polar surface area (TPSA) is 44.4 Å². The third kappa shape index (κ3) is 5.02. The Balaban J connectivity index is 1.74. The molecule has 0 saturated carbocycles. The van der Waals surface area contributed by atoms with Gasteiger partial charge in [0, 0.05) is 23.3 Å². The van der Waals surface area contributed by atoms with Gasteiger partial charge in [-0.3, -0.25) is 0 Å². The molecule has 1 heterocycles. The molecule has 0 bridgehead atoms. The highest BCUT2D eigenvalue weighted by molar-refractivity contribution is 6.30. The van der Waals surface area contributed by atoms with Crippen molar-refractivity contribution in [2.24, 2.45) is 0 Å². The number of halogens is 1. The van der Waals surface area contributed by atoms with Crippen molar-refractivity contribution in [3.8, 4) is 0 Å². The van der Waals surface area contributed by atoms with Gasteiger partial charge in [-0.25, -0.2) is 4.79 Å². The minimum Gasteiger partial charge on any atom is -0.334 e. The molecule has 0 radical (unpaired) electrons. The molecule has 0 aliphatic carbocycles. The molecule has 2 N–H and O–H groups in total. The molecular formula is C15H22ClN3O. The second-order valence-corrected chi connectivity index (χ2v) is 5.80. The van der Waals surface area contributed by atoms with Crippen molar-refractivity contribution in [2.75, 3.05) is 25.0 Å². The van der Waals surface area contributed by atoms with Crippen molar-refractivity contribution in [1.29, 1.82) is 0 Å². The Labute approximate surface area is 125 Å². The molecule has 1 aliphatic rings. The van der Waals surface area contributed by atoms with Gasteiger partial charge in [-0.1, -0.05) is 18.0 Å². The first-order valence-electron chi connectivity index (χ1n) is 7.19. The summed E-state index contributed by atoms with van der Waals surface area (Å²) in [6.45, 7) is 5.24. The van der Waals surface area contributed by atoms with Crippen LogP contribution in [0.1, 0.15) is 26.2 Å². The van der Waals surface area contributed by atoms with Crippen LogP contribution in [0.2, 0.25) is 5.02 Å². The van der Waals surface area contributed by atoms with E-state index in [1.54, 1.807) is 24.3 Å². The predicted molar refractivity (Wildman–Crippen MR) is 83.4 cm³/mol. The van der Waals surface area contributed by atoms with E-state index in [9.17, 15) is 4.79 Å². The molecule has 2 rings (SSSR count). The van der Waals surface area contributed by atoms with Crippen molar-refractivity contribution in [3.63, 3.8) is 0 Å². The molecule has 4 nitrogen and oxygen atoms in total. The number of carbonyl (C=O) groups excluding carboxylic acids is 1. The Morgan fingerprint density at radius 2 is 1.90 bits per heavy atom. The monoisotopic (exact) mass is 295 g/mol. The molecule has 1 aromatic rings. The molecule has 1 aliphatic heterocycles. The van der Waals surface area contributed by atoms with E-state index in [-0.39, 0.29) is 12.1 Å². The van der Waals surface area contributed by atoms with E-state index < -0.39 is 0 Å². The number of benzene rings is 1. The summed E-state index contributed by atoms with van der Waals surface area (Å²) in [5.41, 5.74) is 0.747. The summed E-state index contributed by atoms with van der Waals surface area (Å²) in [6, 6.07) is 7.06. The van der Waals surface area contributed by atoms with Crippen LogP contribution < -0.4 is 10.6 Å². The summed E-state index contributed by atoms with van der Waals surface area (Å²) < 4.78 is 0. The number of hydrogen-bond donors (Lipinski definition) is 2. The van der Waals surface area contributed by atoms with Gasteiger partial charge in [0.2, 0.25) is 0 Å². The van der Waals surface area contributed by atoms with Crippen molar-refractivity contribution >= 4 is 23.3 Å². The first kappa shape index (κ1) is 15.1. The lowest BCUT2D eigenvalue weighted by Crippen LogP contribution is -2.45. The maximum absolute atomic E-state index is 11.9. The van der Waals surface area contributed by atoms with E-state index in [2.05, 4.69) is 15.5 Å². The average molecular weight is 296 g/mol. The normalized spacial score (nSPS) is 17.5. The second-order valence-electron chi connectivity index (χ2n) is 5.37. The van der Waals surface area contributed by atoms with Gasteiger partial charge in [0.05, 0.1) is 0 Å². The molecular weight excluding hydrogens is 274 g/mol. The number of nitrogens with one attached hydrogen (secondary N) is 2. The minimum absolute atomic E-state index is 0.139. The first-order chi connectivity index (χ1) is 9.63. The van der Waals surface area contributed by atoms with Crippen molar-refractivity contribution in [1.82, 2.24) is 10.2 Å². The summed E-state index contributed by atoms with van der Waals surface area (Å²) >= 11 is 5.81. The lowest BCUT2D eigenvalue weighted by molar-refractivity contribution is 0.206. The number of piperidine rings is 1. The van der Waals surface area contributed by atoms with Crippen LogP contribution >= 0.6 is 11.6 Å². The van der Waals surface area contributed by atoms with Crippen LogP contribution in [0, 0.1) is 0 Å². The molecule has 2 amide bonds. The molecule has 1 fully saturated rings. The number of carbonyl (C=O) groups is 1. The van der Waals surface area contributed by atoms with Gasteiger partial charge in [0.25, 0.3) is 0 Å². The number of rotatable bonds is 4. The maximum atomic E-state index is 11.9. The zero-order valence-electron chi connectivity index (χ0n) is 11.9. The van der Waals surface area contributed by atoms with E-state index >= 15 is 0 Å². The van der Waals surface area contributed by atoms with Crippen LogP contribution in [0.15, 0.2) is 24.3 Å². The van der Waals surface area contributed by atoms with E-state index in [4.69, 9.17) is 11.6 Å². The van der Waals surface area contributed by atoms with Crippen LogP contribution in [0.25, 0.3) is 0 Å². The summed E-state index contributed by atoms with van der Waals surface area (Å²) in [4.78, 5) is 14.3. The number of likely N-dealkylation sites (tertiary alicyclic amines) is 1. The summed E-state index contributed by atoms with van der Waals surface area (Å²) in [7, 11) is 0. The molecule has 20 heavy (non-hydrogen) atoms. The quantitative estimate of drug-likeness (QED) is 0.895. The molecule has 5 heteroatoms. The highest BCUT2D eigenvalue weighted by Gasteiger charge is 2.14. The van der Waals surface area contributed by atoms with Crippen LogP contribution in [0.5, 0.6) is 0 Å². The molecule has 1 aromatic carbocycles. The Bertz CT molecular complexity index is 429. The van der Waals surface area contributed by atoms with Gasteiger partial charge in [0.1, 0.15) is 0 Å². The molecule has 0 spiro atoms. The Hall–Kier alpha value is -1.26. The Morgan fingerprint density at radius 3 is 2.55 bits per heavy atom. The van der Waals surface area contributed by atoms with Crippen molar-refractivity contribution < 1.29 is 4.79 Å². The fourth-order valence-electron chi connectivity index (χ4n) is 2.50. The standard InChI is InChI=1S/C15H22ClN3O/c1-12(11-19-9-3-2-4-10-19)17-15(20)18-14-7-5-13(16)6-8-14/h5-8,12H,2-4,9-11H2,1H3,(H2,17,18,20)/t12-/m1/s1. The zero-order chi connectivity index (χ0) is 14.4. The maximum Gasteiger partial charge on any atom is 0.319 e. The number of amides is 2. The van der Waals surface area contributed by atoms with Crippen LogP contribution in [-0.4, -0.2) is 36.6 Å². The van der Waals surface area contributed by atoms with Gasteiger partial charge >= 0.3 is 6.03 Å². The average Bonchev–Trinajstić information content (AvgIpc) is 2.42. The van der Waals surface area contributed by atoms with Gasteiger partial charge < -0.3 is 15.5 Å². The number of urea groups is 1. The van der Waals surface area contributed by atoms with Crippen LogP contribution in [0.4, 0.5) is 10.5 Å². The third-order valence-electron chi connectivity index (χ3n) is 3.46. The van der Waals surface area contributed by atoms with Crippen molar-refractivity contribution in [3.05, 3.63) is 29.3 Å². The van der Waals surface area contributed by atoms with Crippen LogP contribution in [0.3, 0.4) is 0 Å². The highest BCUT2D eigenvalue weighted by Crippen LogP contribution is 2.13. The lowest BCUT2D eigenvalue weighted by Gasteiger charge is -2.29. The largest absolute Gasteiger partial charge is 0.334 e. The van der Waals surface area contributed by atoms with Crippen molar-refractivity contribution in [2.45, 2.75) is 32.2 Å². The van der Waals surface area contributed by atoms with E-state index in [1.807, 2.05) is 6.92 Å². The van der Waals surface area contributed by atoms with Gasteiger partial charge in [-0.05, 0) is 57.1 Å². The number of hydrogen-bond acceptors (Lipinski definition) is 2. The fraction of sp³-hybridized carbons (Fsp3) is 0.533. The van der Waals surface area contributed by atoms with Gasteiger partial charge in [0.15, 0.2) is 0 Å². The molecule has 1 atom stereocenters. The smallest absolute Gasteiger partial charge is 0.319 e. The first-order valence-corrected chi connectivity index (χ1v) is 7.57. The fourth-order valence-corrected chi connectivity index (χ4v) is 2.63. The van der Waals surface area contributed by atoms with E-state index in [1.165, 1.54) is 19.3 Å². The highest BCUT2D eigenvalue weighted by atomic mass is 35.5. The predicted octanol–water partition coefficient (Wildman–Crippen LogP) is 3.34. The minimum atomic E-state index is -0.170. The molecule has 0 unspecified atom stereocenters. The zero-order valence-corrected chi connectivity index (χ0v) is 12.6. The molecule has 0 aromatic heterocycles. The Kier molecular flexibility index (Phi) is 5.68. The number of anilines is 1.